The Hall–Kier alpha value is -4.20. The number of nitrogens with one attached hydrogen (secondary N) is 1. The molecule has 2 aromatic rings. The molecule has 1 N–H and O–H groups in total. The average molecular weight is 698 g/mol. The molecule has 47 heavy (non-hydrogen) atoms. The van der Waals surface area contributed by atoms with Gasteiger partial charge < -0.3 is 15.0 Å². The number of non-ortho nitro benzene ring substituents is 1. The monoisotopic (exact) mass is 697 g/mol. The van der Waals surface area contributed by atoms with Crippen molar-refractivity contribution in [2.24, 2.45) is 0 Å². The Bertz CT molecular complexity index is 1740. The van der Waals surface area contributed by atoms with Gasteiger partial charge in [0.05, 0.1) is 20.8 Å². The first-order valence-corrected chi connectivity index (χ1v) is 17.4. The second kappa shape index (κ2) is 13.9. The molecule has 2 aliphatic heterocycles. The topological polar surface area (TPSA) is 226 Å². The van der Waals surface area contributed by atoms with Crippen LogP contribution in [0.25, 0.3) is 0 Å². The standard InChI is InChI=1S/C28H35N5O12S2/c1-28(2,3)44-27(35)30-16-14-19(15-17-30)29-26(34)24-13-10-21(45-47(42,43)22-11-8-20(9-12-22)32(36)37)18-31(24)46(40,41)25-7-5-4-6-23(25)33(38)39/h4-9,11-12,19,21,24H,10,13-18H2,1-3H3,(H,29,34)/t21-,24?/m0/s1. The summed E-state index contributed by atoms with van der Waals surface area (Å²) in [6, 6.07) is 6.68. The lowest BCUT2D eigenvalue weighted by molar-refractivity contribution is -0.387. The lowest BCUT2D eigenvalue weighted by Crippen LogP contribution is -2.58. The van der Waals surface area contributed by atoms with Crippen LogP contribution in [0.2, 0.25) is 0 Å². The van der Waals surface area contributed by atoms with Crippen molar-refractivity contribution < 1.29 is 45.2 Å². The number of piperidine rings is 2. The molecule has 0 aliphatic carbocycles. The molecule has 0 bridgehead atoms. The van der Waals surface area contributed by atoms with Crippen LogP contribution in [0.3, 0.4) is 0 Å². The maximum absolute atomic E-state index is 13.9. The van der Waals surface area contributed by atoms with E-state index in [9.17, 15) is 46.7 Å². The number of carbonyl (C=O) groups excluding carboxylic acids is 2. The maximum atomic E-state index is 13.9. The van der Waals surface area contributed by atoms with Crippen LogP contribution in [0.4, 0.5) is 16.2 Å². The van der Waals surface area contributed by atoms with Gasteiger partial charge in [0, 0.05) is 43.9 Å². The van der Waals surface area contributed by atoms with Crippen molar-refractivity contribution in [1.29, 1.82) is 0 Å². The minimum atomic E-state index is -4.77. The first kappa shape index (κ1) is 35.7. The highest BCUT2D eigenvalue weighted by atomic mass is 32.2. The van der Waals surface area contributed by atoms with Crippen molar-refractivity contribution >= 4 is 43.5 Å². The van der Waals surface area contributed by atoms with E-state index in [0.29, 0.717) is 17.1 Å². The molecule has 0 aromatic heterocycles. The van der Waals surface area contributed by atoms with Gasteiger partial charge >= 0.3 is 6.09 Å². The van der Waals surface area contributed by atoms with Crippen LogP contribution in [0.5, 0.6) is 0 Å². The highest BCUT2D eigenvalue weighted by Gasteiger charge is 2.45. The second-order valence-electron chi connectivity index (χ2n) is 12.1. The van der Waals surface area contributed by atoms with Gasteiger partial charge in [-0.05, 0) is 64.7 Å². The van der Waals surface area contributed by atoms with Gasteiger partial charge in [0.25, 0.3) is 31.5 Å². The molecule has 1 unspecified atom stereocenters. The summed E-state index contributed by atoms with van der Waals surface area (Å²) in [5.41, 5.74) is -1.77. The fraction of sp³-hybridized carbons (Fsp3) is 0.500. The number of sulfonamides is 1. The zero-order valence-electron chi connectivity index (χ0n) is 25.8. The zero-order valence-corrected chi connectivity index (χ0v) is 27.4. The van der Waals surface area contributed by atoms with Crippen LogP contribution in [-0.2, 0) is 33.9 Å². The summed E-state index contributed by atoms with van der Waals surface area (Å²) in [7, 11) is -9.30. The third-order valence-electron chi connectivity index (χ3n) is 7.54. The molecular weight excluding hydrogens is 662 g/mol. The van der Waals surface area contributed by atoms with Crippen LogP contribution in [0.1, 0.15) is 46.5 Å². The molecule has 0 saturated carbocycles. The summed E-state index contributed by atoms with van der Waals surface area (Å²) < 4.78 is 65.4. The van der Waals surface area contributed by atoms with E-state index in [-0.39, 0.29) is 31.6 Å². The average Bonchev–Trinajstić information content (AvgIpc) is 3.00. The summed E-state index contributed by atoms with van der Waals surface area (Å²) in [5, 5.41) is 25.5. The second-order valence-corrected chi connectivity index (χ2v) is 15.5. The SMILES string of the molecule is CC(C)(C)OC(=O)N1CCC(NC(=O)C2CC[C@H](OS(=O)(=O)c3ccc([N+](=O)[O-])cc3)CN2S(=O)(=O)c2ccccc2[N+](=O)[O-])CC1. The highest BCUT2D eigenvalue weighted by Crippen LogP contribution is 2.33. The molecule has 2 amide bonds. The van der Waals surface area contributed by atoms with Gasteiger partial charge in [-0.2, -0.15) is 12.7 Å². The number of hydrogen-bond acceptors (Lipinski definition) is 12. The Morgan fingerprint density at radius 3 is 2.09 bits per heavy atom. The number of benzene rings is 2. The van der Waals surface area contributed by atoms with E-state index in [1.54, 1.807) is 20.8 Å². The van der Waals surface area contributed by atoms with E-state index >= 15 is 0 Å². The van der Waals surface area contributed by atoms with Crippen LogP contribution < -0.4 is 5.32 Å². The quantitative estimate of drug-likeness (QED) is 0.227. The van der Waals surface area contributed by atoms with Gasteiger partial charge in [-0.15, -0.1) is 0 Å². The van der Waals surface area contributed by atoms with E-state index in [2.05, 4.69) is 5.32 Å². The number of nitro benzene ring substituents is 2. The number of amides is 2. The lowest BCUT2D eigenvalue weighted by Gasteiger charge is -2.38. The minimum absolute atomic E-state index is 0.0791. The molecule has 2 atom stereocenters. The summed E-state index contributed by atoms with van der Waals surface area (Å²) in [5.74, 6) is -0.695. The number of carbonyl (C=O) groups is 2. The van der Waals surface area contributed by atoms with E-state index in [1.807, 2.05) is 0 Å². The van der Waals surface area contributed by atoms with Crippen molar-refractivity contribution in [2.75, 3.05) is 19.6 Å². The van der Waals surface area contributed by atoms with E-state index in [1.165, 1.54) is 17.0 Å². The Balaban J connectivity index is 1.55. The molecule has 2 heterocycles. The highest BCUT2D eigenvalue weighted by molar-refractivity contribution is 7.89. The van der Waals surface area contributed by atoms with Crippen molar-refractivity contribution in [3.8, 4) is 0 Å². The predicted octanol–water partition coefficient (Wildman–Crippen LogP) is 2.95. The molecule has 19 heteroatoms. The summed E-state index contributed by atoms with van der Waals surface area (Å²) >= 11 is 0. The van der Waals surface area contributed by atoms with Crippen LogP contribution in [0.15, 0.2) is 58.3 Å². The Morgan fingerprint density at radius 1 is 0.894 bits per heavy atom. The third-order valence-corrected chi connectivity index (χ3v) is 10.8. The number of hydrogen-bond donors (Lipinski definition) is 1. The number of likely N-dealkylation sites (tertiary alicyclic amines) is 1. The molecular formula is C28H35N5O12S2. The predicted molar refractivity (Wildman–Crippen MR) is 164 cm³/mol. The number of ether oxygens (including phenoxy) is 1. The number of nitro groups is 2. The molecule has 2 fully saturated rings. The smallest absolute Gasteiger partial charge is 0.410 e. The van der Waals surface area contributed by atoms with Crippen molar-refractivity contribution in [1.82, 2.24) is 14.5 Å². The molecule has 0 radical (unpaired) electrons. The van der Waals surface area contributed by atoms with Crippen LogP contribution in [0, 0.1) is 20.2 Å². The first-order chi connectivity index (χ1) is 21.9. The fourth-order valence-corrected chi connectivity index (χ4v) is 8.17. The van der Waals surface area contributed by atoms with Gasteiger partial charge in [-0.3, -0.25) is 29.2 Å². The third kappa shape index (κ3) is 8.59. The normalized spacial score (nSPS) is 19.9. The minimum Gasteiger partial charge on any atom is -0.444 e. The zero-order chi connectivity index (χ0) is 34.7. The molecule has 0 spiro atoms. The Morgan fingerprint density at radius 2 is 1.51 bits per heavy atom. The largest absolute Gasteiger partial charge is 0.444 e. The van der Waals surface area contributed by atoms with Crippen molar-refractivity contribution in [2.45, 2.75) is 80.0 Å². The van der Waals surface area contributed by atoms with Gasteiger partial charge in [-0.25, -0.2) is 13.2 Å². The van der Waals surface area contributed by atoms with E-state index in [0.717, 1.165) is 36.4 Å². The molecule has 4 rings (SSSR count). The number of nitrogens with zero attached hydrogens (tertiary/aromatic N) is 4. The van der Waals surface area contributed by atoms with Gasteiger partial charge in [-0.1, -0.05) is 12.1 Å². The van der Waals surface area contributed by atoms with Crippen molar-refractivity contribution in [3.05, 3.63) is 68.8 Å². The van der Waals surface area contributed by atoms with Crippen LogP contribution in [-0.4, -0.2) is 91.3 Å². The molecule has 2 aromatic carbocycles. The number of rotatable bonds is 9. The summed E-state index contributed by atoms with van der Waals surface area (Å²) in [4.78, 5) is 47.5. The molecule has 256 valence electrons. The lowest BCUT2D eigenvalue weighted by atomic mass is 10.00. The van der Waals surface area contributed by atoms with Gasteiger partial charge in [0.15, 0.2) is 4.90 Å². The van der Waals surface area contributed by atoms with Gasteiger partial charge in [0.2, 0.25) is 5.91 Å². The van der Waals surface area contributed by atoms with E-state index in [4.69, 9.17) is 8.92 Å². The molecule has 17 nitrogen and oxygen atoms in total. The first-order valence-electron chi connectivity index (χ1n) is 14.6. The fourth-order valence-electron chi connectivity index (χ4n) is 5.26. The summed E-state index contributed by atoms with van der Waals surface area (Å²) in [6.07, 6.45) is -1.35. The summed E-state index contributed by atoms with van der Waals surface area (Å²) in [6.45, 7) is 5.14. The number of para-hydroxylation sites is 1. The maximum Gasteiger partial charge on any atom is 0.410 e. The molecule has 2 saturated heterocycles. The van der Waals surface area contributed by atoms with E-state index < -0.39 is 87.8 Å². The van der Waals surface area contributed by atoms with Gasteiger partial charge in [0.1, 0.15) is 11.6 Å². The molecule has 2 aliphatic rings. The van der Waals surface area contributed by atoms with Crippen molar-refractivity contribution in [3.63, 3.8) is 0 Å². The Kier molecular flexibility index (Phi) is 10.5. The Labute approximate surface area is 271 Å². The van der Waals surface area contributed by atoms with Crippen LogP contribution >= 0.6 is 0 Å².